The molecule has 7 heteroatoms. The van der Waals surface area contributed by atoms with E-state index < -0.39 is 0 Å². The van der Waals surface area contributed by atoms with Crippen LogP contribution in [0.25, 0.3) is 60.1 Å². The molecule has 0 fully saturated rings. The summed E-state index contributed by atoms with van der Waals surface area (Å²) in [6, 6.07) is 65.5. The average Bonchev–Trinajstić information content (AvgIpc) is 4.03. The van der Waals surface area contributed by atoms with E-state index in [1.54, 1.807) is 11.3 Å². The minimum absolute atomic E-state index is 0. The van der Waals surface area contributed by atoms with Crippen LogP contribution in [0.15, 0.2) is 169 Å². The van der Waals surface area contributed by atoms with Crippen molar-refractivity contribution in [2.24, 2.45) is 0 Å². The zero-order valence-corrected chi connectivity index (χ0v) is 40.3. The van der Waals surface area contributed by atoms with Crippen molar-refractivity contribution in [2.75, 3.05) is 9.80 Å². The fourth-order valence-electron chi connectivity index (χ4n) is 9.09. The third-order valence-corrected chi connectivity index (χ3v) is 13.1. The Balaban J connectivity index is 0.00000498. The van der Waals surface area contributed by atoms with Crippen LogP contribution in [0, 0.1) is 18.8 Å². The molecular weight excluding hydrogens is 996 g/mol. The van der Waals surface area contributed by atoms with E-state index in [1.165, 1.54) is 10.9 Å². The van der Waals surface area contributed by atoms with Crippen LogP contribution in [0.2, 0.25) is 0 Å². The Kier molecular flexibility index (Phi) is 10.8. The number of hydrogen-bond donors (Lipinski definition) is 0. The largest absolute Gasteiger partial charge is 0.509 e. The first-order valence-electron chi connectivity index (χ1n) is 21.9. The van der Waals surface area contributed by atoms with Crippen molar-refractivity contribution in [3.63, 3.8) is 0 Å². The molecule has 0 spiro atoms. The van der Waals surface area contributed by atoms with Gasteiger partial charge < -0.3 is 19.1 Å². The molecule has 0 bridgehead atoms. The second kappa shape index (κ2) is 16.5. The quantitative estimate of drug-likeness (QED) is 0.149. The van der Waals surface area contributed by atoms with Crippen molar-refractivity contribution in [3.05, 3.63) is 199 Å². The molecule has 11 rings (SSSR count). The molecule has 0 N–H and O–H groups in total. The first-order valence-corrected chi connectivity index (χ1v) is 22.7. The first-order chi connectivity index (χ1) is 31.0. The van der Waals surface area contributed by atoms with Crippen LogP contribution >= 0.6 is 11.3 Å². The predicted octanol–water partition coefficient (Wildman–Crippen LogP) is 16.1. The minimum atomic E-state index is -0.182. The van der Waals surface area contributed by atoms with E-state index in [4.69, 9.17) is 9.72 Å². The number of hydrogen-bond acceptors (Lipinski definition) is 5. The molecule has 5 nitrogen and oxygen atoms in total. The van der Waals surface area contributed by atoms with Crippen LogP contribution < -0.4 is 14.5 Å². The molecule has 65 heavy (non-hydrogen) atoms. The SMILES string of the molecule is CC(C)(C)c1cc(Oc2[c-]c3c(cc2)c2ccccc2n3-c2cc(C(C)(C)C)c3ccsc3n2)[c-]c(N2[CH-]N(c3c(-c4ccccc4)cccc3-c3ccccc3)c3ccccc32)c1.[Pt]. The molecule has 10 aromatic rings. The van der Waals surface area contributed by atoms with Gasteiger partial charge in [-0.3, -0.25) is 0 Å². The van der Waals surface area contributed by atoms with E-state index in [2.05, 4.69) is 238 Å². The second-order valence-electron chi connectivity index (χ2n) is 18.6. The molecule has 0 saturated carbocycles. The average molecular weight is 1040 g/mol. The molecule has 3 aromatic heterocycles. The van der Waals surface area contributed by atoms with Gasteiger partial charge in [0.25, 0.3) is 0 Å². The summed E-state index contributed by atoms with van der Waals surface area (Å²) in [5, 5.41) is 5.58. The van der Waals surface area contributed by atoms with E-state index in [0.29, 0.717) is 11.5 Å². The zero-order valence-electron chi connectivity index (χ0n) is 37.2. The molecule has 0 amide bonds. The minimum Gasteiger partial charge on any atom is -0.509 e. The van der Waals surface area contributed by atoms with E-state index in [1.807, 2.05) is 6.07 Å². The van der Waals surface area contributed by atoms with Crippen molar-refractivity contribution in [3.8, 4) is 39.6 Å². The first kappa shape index (κ1) is 42.5. The van der Waals surface area contributed by atoms with Gasteiger partial charge in [0.15, 0.2) is 0 Å². The van der Waals surface area contributed by atoms with Crippen LogP contribution in [-0.2, 0) is 31.9 Å². The van der Waals surface area contributed by atoms with Crippen LogP contribution in [0.1, 0.15) is 52.7 Å². The van der Waals surface area contributed by atoms with E-state index in [9.17, 15) is 0 Å². The summed E-state index contributed by atoms with van der Waals surface area (Å²) in [7, 11) is 0. The number of aromatic nitrogens is 2. The summed E-state index contributed by atoms with van der Waals surface area (Å²) in [4.78, 5) is 10.9. The maximum absolute atomic E-state index is 6.90. The zero-order chi connectivity index (χ0) is 43.7. The van der Waals surface area contributed by atoms with Gasteiger partial charge in [-0.25, -0.2) is 4.98 Å². The van der Waals surface area contributed by atoms with Crippen molar-refractivity contribution in [1.82, 2.24) is 9.55 Å². The Bertz CT molecular complexity index is 3320. The van der Waals surface area contributed by atoms with Gasteiger partial charge in [-0.1, -0.05) is 156 Å². The number of rotatable bonds is 7. The van der Waals surface area contributed by atoms with Gasteiger partial charge in [0.1, 0.15) is 10.6 Å². The monoisotopic (exact) mass is 1040 g/mol. The number of nitrogens with zero attached hydrogens (tertiary/aromatic N) is 4. The molecule has 0 unspecified atom stereocenters. The van der Waals surface area contributed by atoms with Crippen molar-refractivity contribution >= 4 is 66.1 Å². The van der Waals surface area contributed by atoms with Gasteiger partial charge in [-0.15, -0.1) is 65.0 Å². The van der Waals surface area contributed by atoms with Crippen LogP contribution in [-0.4, -0.2) is 9.55 Å². The van der Waals surface area contributed by atoms with Gasteiger partial charge in [0.05, 0.1) is 0 Å². The summed E-state index contributed by atoms with van der Waals surface area (Å²) < 4.78 is 9.15. The molecule has 4 heterocycles. The molecule has 7 aromatic carbocycles. The van der Waals surface area contributed by atoms with Gasteiger partial charge in [0.2, 0.25) is 0 Å². The Morgan fingerprint density at radius 3 is 1.89 bits per heavy atom. The molecule has 0 saturated heterocycles. The molecule has 324 valence electrons. The summed E-state index contributed by atoms with van der Waals surface area (Å²) in [6.45, 7) is 15.7. The molecule has 1 aliphatic heterocycles. The molecule has 1 aliphatic rings. The van der Waals surface area contributed by atoms with Gasteiger partial charge >= 0.3 is 0 Å². The fourth-order valence-corrected chi connectivity index (χ4v) is 9.88. The number of para-hydroxylation sites is 4. The fraction of sp³-hybridized carbons (Fsp3) is 0.138. The Morgan fingerprint density at radius 2 is 1.22 bits per heavy atom. The summed E-state index contributed by atoms with van der Waals surface area (Å²) in [5.74, 6) is 2.10. The number of pyridine rings is 1. The number of thiophene rings is 1. The summed E-state index contributed by atoms with van der Waals surface area (Å²) in [5.41, 5.74) is 12.9. The van der Waals surface area contributed by atoms with Crippen LogP contribution in [0.5, 0.6) is 11.5 Å². The number of ether oxygens (including phenoxy) is 1. The topological polar surface area (TPSA) is 33.5 Å². The second-order valence-corrected chi connectivity index (χ2v) is 19.5. The normalized spacial score (nSPS) is 12.8. The molecular formula is C58H47N4OPtS-3. The maximum atomic E-state index is 6.90. The molecule has 0 aliphatic carbocycles. The van der Waals surface area contributed by atoms with Crippen LogP contribution in [0.3, 0.4) is 0 Å². The summed E-state index contributed by atoms with van der Waals surface area (Å²) in [6.07, 6.45) is 0. The number of benzene rings is 7. The maximum Gasteiger partial charge on any atom is 0.137 e. The molecule has 0 atom stereocenters. The third-order valence-electron chi connectivity index (χ3n) is 12.3. The number of fused-ring (bicyclic) bond motifs is 5. The van der Waals surface area contributed by atoms with Crippen molar-refractivity contribution in [1.29, 1.82) is 0 Å². The van der Waals surface area contributed by atoms with Crippen molar-refractivity contribution < 1.29 is 25.8 Å². The Morgan fingerprint density at radius 1 is 0.569 bits per heavy atom. The van der Waals surface area contributed by atoms with Gasteiger partial charge in [-0.05, 0) is 68.6 Å². The number of anilines is 4. The van der Waals surface area contributed by atoms with E-state index in [0.717, 1.165) is 83.0 Å². The standard InChI is InChI=1S/C58H47N4OS.Pt/c1-57(2,3)40-32-41(60-37-61(52-27-16-15-26-51(52)60)55-44(38-18-9-7-10-19-38)23-17-24-45(55)39-20-11-8-12-21-39)34-43(33-40)63-42-28-29-47-46-22-13-14-25-50(46)62(53(47)35-42)54-36-49(58(4,5)6)48-30-31-64-56(48)59-54;/h7-33,36-37H,1-6H3;/q-3;. The third kappa shape index (κ3) is 7.63. The van der Waals surface area contributed by atoms with Crippen LogP contribution in [0.4, 0.5) is 22.7 Å². The Labute approximate surface area is 399 Å². The smallest absolute Gasteiger partial charge is 0.137 e. The predicted molar refractivity (Wildman–Crippen MR) is 268 cm³/mol. The van der Waals surface area contributed by atoms with Crippen molar-refractivity contribution in [2.45, 2.75) is 52.4 Å². The summed E-state index contributed by atoms with van der Waals surface area (Å²) >= 11 is 1.68. The van der Waals surface area contributed by atoms with E-state index >= 15 is 0 Å². The Hall–Kier alpha value is -6.46. The van der Waals surface area contributed by atoms with Gasteiger partial charge in [-0.2, -0.15) is 6.07 Å². The van der Waals surface area contributed by atoms with Gasteiger partial charge in [0, 0.05) is 71.7 Å². The molecule has 0 radical (unpaired) electrons. The van der Waals surface area contributed by atoms with E-state index in [-0.39, 0.29) is 31.9 Å².